The second-order valence-corrected chi connectivity index (χ2v) is 4.03. The number of esters is 1. The van der Waals surface area contributed by atoms with Crippen LogP contribution in [0.2, 0.25) is 0 Å². The third-order valence-electron chi connectivity index (χ3n) is 2.65. The first-order valence-electron chi connectivity index (χ1n) is 5.86. The Hall–Kier alpha value is -2.63. The monoisotopic (exact) mass is 276 g/mol. The van der Waals surface area contributed by atoms with Crippen LogP contribution < -0.4 is 5.32 Å². The number of nitrogens with zero attached hydrogens (tertiary/aromatic N) is 1. The molecule has 1 aromatic heterocycles. The van der Waals surface area contributed by atoms with E-state index < -0.39 is 5.97 Å². The van der Waals surface area contributed by atoms with Crippen molar-refractivity contribution in [2.24, 2.45) is 0 Å². The minimum absolute atomic E-state index is 0.101. The Balaban J connectivity index is 2.19. The molecule has 0 aliphatic carbocycles. The maximum Gasteiger partial charge on any atom is 0.325 e. The standard InChI is InChI=1S/C14H13FN2O3/c1-20-13(19)8-17-14-12(18)6-10(7-16-14)9-3-2-4-11(15)5-9/h2-7,18H,8H2,1H3,(H,16,17). The number of carbonyl (C=O) groups excluding carboxylic acids is 1. The van der Waals surface area contributed by atoms with E-state index in [0.29, 0.717) is 11.1 Å². The van der Waals surface area contributed by atoms with Crippen molar-refractivity contribution in [2.75, 3.05) is 19.0 Å². The lowest BCUT2D eigenvalue weighted by atomic mass is 10.1. The number of pyridine rings is 1. The lowest BCUT2D eigenvalue weighted by Crippen LogP contribution is -2.15. The van der Waals surface area contributed by atoms with E-state index in [-0.39, 0.29) is 23.9 Å². The van der Waals surface area contributed by atoms with Gasteiger partial charge in [0.2, 0.25) is 0 Å². The highest BCUT2D eigenvalue weighted by Gasteiger charge is 2.08. The maximum absolute atomic E-state index is 13.1. The average Bonchev–Trinajstić information content (AvgIpc) is 2.45. The minimum Gasteiger partial charge on any atom is -0.504 e. The maximum atomic E-state index is 13.1. The molecule has 0 bridgehead atoms. The van der Waals surface area contributed by atoms with Crippen LogP contribution in [0.25, 0.3) is 11.1 Å². The summed E-state index contributed by atoms with van der Waals surface area (Å²) in [5.74, 6) is -0.804. The first-order chi connectivity index (χ1) is 9.60. The molecule has 0 atom stereocenters. The van der Waals surface area contributed by atoms with Crippen molar-refractivity contribution < 1.29 is 19.0 Å². The summed E-state index contributed by atoms with van der Waals surface area (Å²) in [6.07, 6.45) is 1.48. The summed E-state index contributed by atoms with van der Waals surface area (Å²) in [7, 11) is 1.27. The molecule has 0 aliphatic heterocycles. The summed E-state index contributed by atoms with van der Waals surface area (Å²) in [5.41, 5.74) is 1.18. The van der Waals surface area contributed by atoms with E-state index in [2.05, 4.69) is 15.0 Å². The molecule has 0 saturated heterocycles. The van der Waals surface area contributed by atoms with Crippen LogP contribution >= 0.6 is 0 Å². The molecule has 2 aromatic rings. The number of benzene rings is 1. The van der Waals surface area contributed by atoms with Gasteiger partial charge in [0.1, 0.15) is 12.4 Å². The van der Waals surface area contributed by atoms with Crippen LogP contribution in [0.5, 0.6) is 5.75 Å². The lowest BCUT2D eigenvalue weighted by molar-refractivity contribution is -0.138. The molecule has 0 radical (unpaired) electrons. The number of aromatic hydroxyl groups is 1. The SMILES string of the molecule is COC(=O)CNc1ncc(-c2cccc(F)c2)cc1O. The number of methoxy groups -OCH3 is 1. The second-order valence-electron chi connectivity index (χ2n) is 4.03. The first-order valence-corrected chi connectivity index (χ1v) is 5.86. The smallest absolute Gasteiger partial charge is 0.325 e. The van der Waals surface area contributed by atoms with Gasteiger partial charge in [-0.25, -0.2) is 9.37 Å². The molecule has 1 heterocycles. The number of aromatic nitrogens is 1. The highest BCUT2D eigenvalue weighted by Crippen LogP contribution is 2.27. The van der Waals surface area contributed by atoms with E-state index >= 15 is 0 Å². The molecule has 1 aromatic carbocycles. The molecule has 6 heteroatoms. The van der Waals surface area contributed by atoms with Gasteiger partial charge in [0.05, 0.1) is 7.11 Å². The zero-order valence-corrected chi connectivity index (χ0v) is 10.8. The van der Waals surface area contributed by atoms with Crippen molar-refractivity contribution in [3.8, 4) is 16.9 Å². The topological polar surface area (TPSA) is 71.5 Å². The average molecular weight is 276 g/mol. The van der Waals surface area contributed by atoms with E-state index in [4.69, 9.17) is 0 Å². The van der Waals surface area contributed by atoms with Crippen molar-refractivity contribution in [1.29, 1.82) is 0 Å². The van der Waals surface area contributed by atoms with Gasteiger partial charge in [0.15, 0.2) is 11.6 Å². The van der Waals surface area contributed by atoms with Gasteiger partial charge in [-0.2, -0.15) is 0 Å². The van der Waals surface area contributed by atoms with E-state index in [0.717, 1.165) is 0 Å². The van der Waals surface area contributed by atoms with Crippen LogP contribution in [0.15, 0.2) is 36.5 Å². The normalized spacial score (nSPS) is 10.1. The third kappa shape index (κ3) is 3.23. The summed E-state index contributed by atoms with van der Waals surface area (Å²) in [6, 6.07) is 7.41. The summed E-state index contributed by atoms with van der Waals surface area (Å²) < 4.78 is 17.6. The van der Waals surface area contributed by atoms with Crippen LogP contribution in [0.1, 0.15) is 0 Å². The zero-order valence-electron chi connectivity index (χ0n) is 10.8. The molecule has 0 spiro atoms. The molecule has 104 valence electrons. The zero-order chi connectivity index (χ0) is 14.5. The Morgan fingerprint density at radius 3 is 2.85 bits per heavy atom. The molecule has 0 aliphatic rings. The van der Waals surface area contributed by atoms with Crippen LogP contribution in [0.3, 0.4) is 0 Å². The molecule has 2 N–H and O–H groups in total. The highest BCUT2D eigenvalue weighted by atomic mass is 19.1. The van der Waals surface area contributed by atoms with Crippen LogP contribution in [0.4, 0.5) is 10.2 Å². The van der Waals surface area contributed by atoms with Crippen molar-refractivity contribution in [3.05, 3.63) is 42.3 Å². The molecule has 2 rings (SSSR count). The van der Waals surface area contributed by atoms with E-state index in [1.165, 1.54) is 31.5 Å². The van der Waals surface area contributed by atoms with Gasteiger partial charge in [-0.05, 0) is 23.8 Å². The number of hydrogen-bond donors (Lipinski definition) is 2. The molecule has 5 nitrogen and oxygen atoms in total. The number of nitrogens with one attached hydrogen (secondary N) is 1. The fourth-order valence-corrected chi connectivity index (χ4v) is 1.64. The van der Waals surface area contributed by atoms with E-state index in [1.54, 1.807) is 12.1 Å². The first kappa shape index (κ1) is 13.8. The molecule has 20 heavy (non-hydrogen) atoms. The number of hydrogen-bond acceptors (Lipinski definition) is 5. The number of anilines is 1. The Labute approximate surface area is 115 Å². The van der Waals surface area contributed by atoms with Gasteiger partial charge < -0.3 is 15.2 Å². The quantitative estimate of drug-likeness (QED) is 0.837. The van der Waals surface area contributed by atoms with Crippen molar-refractivity contribution >= 4 is 11.8 Å². The lowest BCUT2D eigenvalue weighted by Gasteiger charge is -2.08. The molecule has 0 saturated carbocycles. The Kier molecular flexibility index (Phi) is 4.14. The summed E-state index contributed by atoms with van der Waals surface area (Å²) in [5, 5.41) is 12.5. The minimum atomic E-state index is -0.472. The largest absolute Gasteiger partial charge is 0.504 e. The summed E-state index contributed by atoms with van der Waals surface area (Å²) >= 11 is 0. The second kappa shape index (κ2) is 6.01. The van der Waals surface area contributed by atoms with Crippen LogP contribution in [0, 0.1) is 5.82 Å². The predicted molar refractivity (Wildman–Crippen MR) is 71.8 cm³/mol. The Morgan fingerprint density at radius 1 is 1.40 bits per heavy atom. The van der Waals surface area contributed by atoms with Crippen molar-refractivity contribution in [1.82, 2.24) is 4.98 Å². The fraction of sp³-hybridized carbons (Fsp3) is 0.143. The molecule has 0 fully saturated rings. The van der Waals surface area contributed by atoms with E-state index in [1.807, 2.05) is 0 Å². The number of rotatable bonds is 4. The molecule has 0 amide bonds. The van der Waals surface area contributed by atoms with Gasteiger partial charge in [0, 0.05) is 11.8 Å². The van der Waals surface area contributed by atoms with Gasteiger partial charge in [-0.1, -0.05) is 12.1 Å². The Morgan fingerprint density at radius 2 is 2.20 bits per heavy atom. The van der Waals surface area contributed by atoms with Crippen LogP contribution in [-0.4, -0.2) is 29.7 Å². The van der Waals surface area contributed by atoms with Gasteiger partial charge in [-0.3, -0.25) is 4.79 Å². The summed E-state index contributed by atoms with van der Waals surface area (Å²) in [6.45, 7) is -0.101. The van der Waals surface area contributed by atoms with Crippen LogP contribution in [-0.2, 0) is 9.53 Å². The molecular weight excluding hydrogens is 263 g/mol. The number of halogens is 1. The highest BCUT2D eigenvalue weighted by molar-refractivity contribution is 5.75. The Bertz CT molecular complexity index is 632. The van der Waals surface area contributed by atoms with Gasteiger partial charge in [0.25, 0.3) is 0 Å². The van der Waals surface area contributed by atoms with E-state index in [9.17, 15) is 14.3 Å². The number of ether oxygens (including phenoxy) is 1. The summed E-state index contributed by atoms with van der Waals surface area (Å²) in [4.78, 5) is 15.0. The fourth-order valence-electron chi connectivity index (χ4n) is 1.64. The van der Waals surface area contributed by atoms with Gasteiger partial charge in [-0.15, -0.1) is 0 Å². The van der Waals surface area contributed by atoms with Crippen molar-refractivity contribution in [2.45, 2.75) is 0 Å². The molecule has 0 unspecified atom stereocenters. The van der Waals surface area contributed by atoms with Crippen molar-refractivity contribution in [3.63, 3.8) is 0 Å². The van der Waals surface area contributed by atoms with Gasteiger partial charge >= 0.3 is 5.97 Å². The predicted octanol–water partition coefficient (Wildman–Crippen LogP) is 2.18. The molecular formula is C14H13FN2O3. The third-order valence-corrected chi connectivity index (χ3v) is 2.65. The number of carbonyl (C=O) groups is 1.